The van der Waals surface area contributed by atoms with Crippen molar-refractivity contribution in [1.82, 2.24) is 15.1 Å². The summed E-state index contributed by atoms with van der Waals surface area (Å²) in [4.78, 5) is 18.1. The van der Waals surface area contributed by atoms with Crippen molar-refractivity contribution in [3.05, 3.63) is 77.9 Å². The molecule has 1 aliphatic carbocycles. The Morgan fingerprint density at radius 2 is 1.66 bits per heavy atom. The zero-order chi connectivity index (χ0) is 24.2. The SMILES string of the molecule is C=CCN1C2CCC1CN(C(c1ccc(C(=O)NC3CCCCCC3)cc1)c1cccc(O)c1)C2. The van der Waals surface area contributed by atoms with E-state index in [9.17, 15) is 9.90 Å². The molecule has 2 saturated heterocycles. The Hall–Kier alpha value is -2.63. The van der Waals surface area contributed by atoms with E-state index >= 15 is 0 Å². The minimum Gasteiger partial charge on any atom is -0.508 e. The molecular formula is C30H39N3O2. The Balaban J connectivity index is 1.36. The van der Waals surface area contributed by atoms with E-state index in [1.54, 1.807) is 6.07 Å². The summed E-state index contributed by atoms with van der Waals surface area (Å²) in [5, 5.41) is 13.5. The Bertz CT molecular complexity index is 999. The molecule has 2 N–H and O–H groups in total. The van der Waals surface area contributed by atoms with E-state index in [0.717, 1.165) is 49.2 Å². The first-order valence-corrected chi connectivity index (χ1v) is 13.4. The van der Waals surface area contributed by atoms with Crippen LogP contribution in [-0.2, 0) is 0 Å². The number of nitrogens with zero attached hydrogens (tertiary/aromatic N) is 2. The van der Waals surface area contributed by atoms with Crippen molar-refractivity contribution in [2.24, 2.45) is 0 Å². The van der Waals surface area contributed by atoms with Gasteiger partial charge in [-0.15, -0.1) is 6.58 Å². The first kappa shape index (κ1) is 24.1. The van der Waals surface area contributed by atoms with E-state index < -0.39 is 0 Å². The molecule has 1 amide bonds. The van der Waals surface area contributed by atoms with Gasteiger partial charge in [-0.2, -0.15) is 0 Å². The monoisotopic (exact) mass is 473 g/mol. The van der Waals surface area contributed by atoms with Crippen molar-refractivity contribution in [3.8, 4) is 5.75 Å². The number of hydrogen-bond donors (Lipinski definition) is 2. The molecule has 2 aromatic rings. The second-order valence-corrected chi connectivity index (χ2v) is 10.6. The molecule has 0 aromatic heterocycles. The van der Waals surface area contributed by atoms with Gasteiger partial charge in [0.1, 0.15) is 5.75 Å². The fraction of sp³-hybridized carbons (Fsp3) is 0.500. The van der Waals surface area contributed by atoms with Gasteiger partial charge in [-0.05, 0) is 61.1 Å². The van der Waals surface area contributed by atoms with Crippen molar-refractivity contribution in [2.75, 3.05) is 19.6 Å². The van der Waals surface area contributed by atoms with Crippen LogP contribution in [0.2, 0.25) is 0 Å². The number of piperazine rings is 1. The second kappa shape index (κ2) is 11.0. The van der Waals surface area contributed by atoms with Gasteiger partial charge in [0.2, 0.25) is 0 Å². The third-order valence-corrected chi connectivity index (χ3v) is 8.23. The predicted octanol–water partition coefficient (Wildman–Crippen LogP) is 5.27. The molecular weight excluding hydrogens is 434 g/mol. The van der Waals surface area contributed by atoms with Crippen LogP contribution in [0.3, 0.4) is 0 Å². The summed E-state index contributed by atoms with van der Waals surface area (Å²) in [6, 6.07) is 17.2. The van der Waals surface area contributed by atoms with Crippen LogP contribution in [0.5, 0.6) is 5.75 Å². The minimum absolute atomic E-state index is 0.0356. The Morgan fingerprint density at radius 3 is 2.29 bits per heavy atom. The first-order chi connectivity index (χ1) is 17.1. The van der Waals surface area contributed by atoms with Crippen LogP contribution < -0.4 is 5.32 Å². The van der Waals surface area contributed by atoms with E-state index in [0.29, 0.717) is 23.9 Å². The molecule has 3 atom stereocenters. The van der Waals surface area contributed by atoms with Gasteiger partial charge in [0.25, 0.3) is 5.91 Å². The lowest BCUT2D eigenvalue weighted by Gasteiger charge is -2.44. The molecule has 3 fully saturated rings. The Kier molecular flexibility index (Phi) is 7.54. The lowest BCUT2D eigenvalue weighted by molar-refractivity contribution is 0.0582. The van der Waals surface area contributed by atoms with E-state index in [-0.39, 0.29) is 11.9 Å². The van der Waals surface area contributed by atoms with Gasteiger partial charge in [-0.3, -0.25) is 14.6 Å². The number of aromatic hydroxyl groups is 1. The highest BCUT2D eigenvalue weighted by Gasteiger charge is 2.41. The molecule has 2 bridgehead atoms. The van der Waals surface area contributed by atoms with Crippen molar-refractivity contribution in [3.63, 3.8) is 0 Å². The fourth-order valence-electron chi connectivity index (χ4n) is 6.50. The number of nitrogens with one attached hydrogen (secondary N) is 1. The highest BCUT2D eigenvalue weighted by atomic mass is 16.3. The summed E-state index contributed by atoms with van der Waals surface area (Å²) in [5.74, 6) is 0.327. The number of benzene rings is 2. The molecule has 3 aliphatic rings. The molecule has 35 heavy (non-hydrogen) atoms. The van der Waals surface area contributed by atoms with E-state index in [1.807, 2.05) is 30.3 Å². The van der Waals surface area contributed by atoms with Crippen molar-refractivity contribution in [2.45, 2.75) is 75.5 Å². The molecule has 1 saturated carbocycles. The van der Waals surface area contributed by atoms with E-state index in [4.69, 9.17) is 0 Å². The molecule has 2 aliphatic heterocycles. The standard InChI is InChI=1S/C30H39N3O2/c1-2-18-33-26-16-17-27(33)21-32(20-26)29(24-8-7-11-28(34)19-24)22-12-14-23(15-13-22)30(35)31-25-9-5-3-4-6-10-25/h2,7-8,11-15,19,25-27,29,34H,1,3-6,9-10,16-18,20-21H2,(H,31,35). The maximum Gasteiger partial charge on any atom is 0.251 e. The third-order valence-electron chi connectivity index (χ3n) is 8.23. The predicted molar refractivity (Wildman–Crippen MR) is 141 cm³/mol. The fourth-order valence-corrected chi connectivity index (χ4v) is 6.50. The lowest BCUT2D eigenvalue weighted by atomic mass is 9.94. The smallest absolute Gasteiger partial charge is 0.251 e. The summed E-state index contributed by atoms with van der Waals surface area (Å²) in [5.41, 5.74) is 2.99. The lowest BCUT2D eigenvalue weighted by Crippen LogP contribution is -2.54. The number of rotatable bonds is 7. The van der Waals surface area contributed by atoms with Gasteiger partial charge in [0.15, 0.2) is 0 Å². The molecule has 5 heteroatoms. The molecule has 2 heterocycles. The first-order valence-electron chi connectivity index (χ1n) is 13.4. The number of fused-ring (bicyclic) bond motifs is 2. The zero-order valence-corrected chi connectivity index (χ0v) is 20.7. The summed E-state index contributed by atoms with van der Waals surface area (Å²) >= 11 is 0. The molecule has 186 valence electrons. The van der Waals surface area contributed by atoms with Crippen LogP contribution in [0.4, 0.5) is 0 Å². The largest absolute Gasteiger partial charge is 0.508 e. The quantitative estimate of drug-likeness (QED) is 0.425. The summed E-state index contributed by atoms with van der Waals surface area (Å²) < 4.78 is 0. The highest BCUT2D eigenvalue weighted by Crippen LogP contribution is 2.38. The van der Waals surface area contributed by atoms with E-state index in [1.165, 1.54) is 38.5 Å². The van der Waals surface area contributed by atoms with Gasteiger partial charge in [-0.1, -0.05) is 56.0 Å². The minimum atomic E-state index is 0.0356. The van der Waals surface area contributed by atoms with Crippen molar-refractivity contribution < 1.29 is 9.90 Å². The molecule has 0 radical (unpaired) electrons. The van der Waals surface area contributed by atoms with Gasteiger partial charge < -0.3 is 10.4 Å². The molecule has 5 nitrogen and oxygen atoms in total. The zero-order valence-electron chi connectivity index (χ0n) is 20.7. The number of carbonyl (C=O) groups excluding carboxylic acids is 1. The molecule has 5 rings (SSSR count). The van der Waals surface area contributed by atoms with Crippen LogP contribution in [0.25, 0.3) is 0 Å². The second-order valence-electron chi connectivity index (χ2n) is 10.6. The number of hydrogen-bond acceptors (Lipinski definition) is 4. The van der Waals surface area contributed by atoms with E-state index in [2.05, 4.69) is 39.9 Å². The maximum absolute atomic E-state index is 12.9. The summed E-state index contributed by atoms with van der Waals surface area (Å²) in [6.45, 7) is 6.90. The normalized spacial score (nSPS) is 24.6. The van der Waals surface area contributed by atoms with Crippen LogP contribution in [0.1, 0.15) is 78.9 Å². The number of likely N-dealkylation sites (tertiary alicyclic amines) is 1. The van der Waals surface area contributed by atoms with Crippen LogP contribution in [0, 0.1) is 0 Å². The maximum atomic E-state index is 12.9. The van der Waals surface area contributed by atoms with Crippen LogP contribution in [0.15, 0.2) is 61.2 Å². The van der Waals surface area contributed by atoms with Crippen molar-refractivity contribution >= 4 is 5.91 Å². The van der Waals surface area contributed by atoms with Gasteiger partial charge >= 0.3 is 0 Å². The third kappa shape index (κ3) is 5.46. The molecule has 0 spiro atoms. The van der Waals surface area contributed by atoms with Gasteiger partial charge in [0.05, 0.1) is 6.04 Å². The summed E-state index contributed by atoms with van der Waals surface area (Å²) in [7, 11) is 0. The molecule has 2 aromatic carbocycles. The van der Waals surface area contributed by atoms with Gasteiger partial charge in [-0.25, -0.2) is 0 Å². The highest BCUT2D eigenvalue weighted by molar-refractivity contribution is 5.94. The number of phenolic OH excluding ortho intramolecular Hbond substituents is 1. The molecule has 3 unspecified atom stereocenters. The number of carbonyl (C=O) groups is 1. The average Bonchev–Trinajstić information content (AvgIpc) is 3.04. The number of amides is 1. The number of phenols is 1. The van der Waals surface area contributed by atoms with Crippen LogP contribution >= 0.6 is 0 Å². The Morgan fingerprint density at radius 1 is 0.971 bits per heavy atom. The summed E-state index contributed by atoms with van der Waals surface area (Å²) in [6.07, 6.45) is 11.6. The van der Waals surface area contributed by atoms with Crippen molar-refractivity contribution in [1.29, 1.82) is 0 Å². The Labute approximate surface area is 209 Å². The van der Waals surface area contributed by atoms with Crippen LogP contribution in [-0.4, -0.2) is 58.6 Å². The topological polar surface area (TPSA) is 55.8 Å². The average molecular weight is 474 g/mol. The van der Waals surface area contributed by atoms with Gasteiger partial charge in [0, 0.05) is 43.3 Å².